The molecule has 2 unspecified atom stereocenters. The first-order chi connectivity index (χ1) is 9.35. The molecule has 0 bridgehead atoms. The average molecular weight is 300 g/mol. The molecule has 1 heterocycles. The van der Waals surface area contributed by atoms with Crippen LogP contribution in [0.25, 0.3) is 0 Å². The summed E-state index contributed by atoms with van der Waals surface area (Å²) in [5, 5.41) is 12.3. The first-order valence-corrected chi connectivity index (χ1v) is 8.31. The second-order valence-electron chi connectivity index (χ2n) is 6.50. The minimum atomic E-state index is -0.898. The number of rotatable bonds is 5. The van der Waals surface area contributed by atoms with Crippen LogP contribution in [0.4, 0.5) is 4.79 Å². The van der Waals surface area contributed by atoms with Crippen molar-refractivity contribution in [3.05, 3.63) is 0 Å². The van der Waals surface area contributed by atoms with Crippen LogP contribution in [-0.2, 0) is 4.79 Å². The molecule has 0 aromatic heterocycles. The van der Waals surface area contributed by atoms with Gasteiger partial charge in [0.05, 0.1) is 5.37 Å². The second-order valence-corrected chi connectivity index (χ2v) is 7.65. The van der Waals surface area contributed by atoms with E-state index in [9.17, 15) is 14.7 Å². The molecular weight excluding hydrogens is 276 g/mol. The molecule has 1 saturated carbocycles. The number of carbonyl (C=O) groups is 2. The van der Waals surface area contributed by atoms with Crippen LogP contribution in [0.5, 0.6) is 0 Å². The van der Waals surface area contributed by atoms with Gasteiger partial charge in [-0.15, -0.1) is 11.8 Å². The van der Waals surface area contributed by atoms with Gasteiger partial charge in [0.2, 0.25) is 0 Å². The minimum Gasteiger partial charge on any atom is -0.480 e. The Morgan fingerprint density at radius 1 is 1.40 bits per heavy atom. The van der Waals surface area contributed by atoms with Crippen molar-refractivity contribution in [2.24, 2.45) is 11.3 Å². The first kappa shape index (κ1) is 15.5. The maximum absolute atomic E-state index is 12.4. The largest absolute Gasteiger partial charge is 0.480 e. The Morgan fingerprint density at radius 3 is 2.55 bits per heavy atom. The molecule has 2 aliphatic rings. The van der Waals surface area contributed by atoms with E-state index in [1.54, 1.807) is 16.7 Å². The third kappa shape index (κ3) is 3.40. The smallest absolute Gasteiger partial charge is 0.327 e. The van der Waals surface area contributed by atoms with Crippen LogP contribution >= 0.6 is 11.8 Å². The zero-order valence-corrected chi connectivity index (χ0v) is 13.2. The topological polar surface area (TPSA) is 69.6 Å². The Morgan fingerprint density at radius 2 is 2.05 bits per heavy atom. The molecule has 114 valence electrons. The van der Waals surface area contributed by atoms with Crippen molar-refractivity contribution in [3.63, 3.8) is 0 Å². The molecule has 0 aromatic rings. The van der Waals surface area contributed by atoms with Gasteiger partial charge in [-0.25, -0.2) is 9.59 Å². The number of amides is 2. The molecule has 2 amide bonds. The zero-order valence-electron chi connectivity index (χ0n) is 12.4. The number of nitrogens with one attached hydrogen (secondary N) is 1. The summed E-state index contributed by atoms with van der Waals surface area (Å²) in [5.74, 6) is 0.0843. The van der Waals surface area contributed by atoms with Gasteiger partial charge < -0.3 is 10.4 Å². The first-order valence-electron chi connectivity index (χ1n) is 7.26. The summed E-state index contributed by atoms with van der Waals surface area (Å²) in [6, 6.07) is -0.906. The van der Waals surface area contributed by atoms with Crippen molar-refractivity contribution >= 4 is 23.8 Å². The van der Waals surface area contributed by atoms with Crippen LogP contribution in [0.3, 0.4) is 0 Å². The molecule has 2 rings (SSSR count). The van der Waals surface area contributed by atoms with Crippen molar-refractivity contribution in [2.45, 2.75) is 51.4 Å². The number of urea groups is 1. The molecule has 2 N–H and O–H groups in total. The van der Waals surface area contributed by atoms with Crippen molar-refractivity contribution in [2.75, 3.05) is 12.3 Å². The van der Waals surface area contributed by atoms with E-state index < -0.39 is 12.0 Å². The van der Waals surface area contributed by atoms with Crippen LogP contribution in [0.2, 0.25) is 0 Å². The summed E-state index contributed by atoms with van der Waals surface area (Å²) in [6.45, 7) is 6.86. The fraction of sp³-hybridized carbons (Fsp3) is 0.857. The summed E-state index contributed by atoms with van der Waals surface area (Å²) in [6.07, 6.45) is 3.18. The van der Waals surface area contributed by atoms with Gasteiger partial charge in [-0.2, -0.15) is 0 Å². The van der Waals surface area contributed by atoms with Crippen LogP contribution in [0, 0.1) is 11.3 Å². The number of carboxylic acids is 1. The maximum Gasteiger partial charge on any atom is 0.327 e. The lowest BCUT2D eigenvalue weighted by Gasteiger charge is -2.30. The standard InChI is InChI=1S/C14H24N2O3S/c1-4-14(2,3)8-15-13(19)16-10(12(17)18)7-20-11(16)9-5-6-9/h9-11H,4-8H2,1-3H3,(H,15,19)(H,17,18). The van der Waals surface area contributed by atoms with E-state index in [4.69, 9.17) is 0 Å². The van der Waals surface area contributed by atoms with Crippen molar-refractivity contribution in [3.8, 4) is 0 Å². The number of aliphatic carboxylic acids is 1. The van der Waals surface area contributed by atoms with Crippen molar-refractivity contribution < 1.29 is 14.7 Å². The third-order valence-electron chi connectivity index (χ3n) is 4.25. The average Bonchev–Trinajstić information content (AvgIpc) is 3.14. The Labute approximate surface area is 124 Å². The van der Waals surface area contributed by atoms with E-state index in [1.165, 1.54) is 0 Å². The predicted molar refractivity (Wildman–Crippen MR) is 79.7 cm³/mol. The highest BCUT2D eigenvalue weighted by molar-refractivity contribution is 8.00. The summed E-state index contributed by atoms with van der Waals surface area (Å²) < 4.78 is 0. The summed E-state index contributed by atoms with van der Waals surface area (Å²) in [5.41, 5.74) is 0.0380. The van der Waals surface area contributed by atoms with Crippen LogP contribution in [-0.4, -0.2) is 45.7 Å². The molecule has 2 fully saturated rings. The number of carbonyl (C=O) groups excluding carboxylic acids is 1. The van der Waals surface area contributed by atoms with Gasteiger partial charge in [0.25, 0.3) is 0 Å². The molecule has 20 heavy (non-hydrogen) atoms. The van der Waals surface area contributed by atoms with E-state index in [1.807, 2.05) is 0 Å². The van der Waals surface area contributed by atoms with E-state index in [0.29, 0.717) is 18.2 Å². The quantitative estimate of drug-likeness (QED) is 0.818. The molecular formula is C14H24N2O3S. The van der Waals surface area contributed by atoms with Crippen molar-refractivity contribution in [1.29, 1.82) is 0 Å². The molecule has 1 aliphatic carbocycles. The van der Waals surface area contributed by atoms with Gasteiger partial charge in [-0.3, -0.25) is 4.90 Å². The van der Waals surface area contributed by atoms with Gasteiger partial charge in [0.15, 0.2) is 0 Å². The highest BCUT2D eigenvalue weighted by atomic mass is 32.2. The highest BCUT2D eigenvalue weighted by Gasteiger charge is 2.48. The normalized spacial score (nSPS) is 26.6. The number of hydrogen-bond donors (Lipinski definition) is 2. The van der Waals surface area contributed by atoms with Gasteiger partial charge in [0.1, 0.15) is 6.04 Å². The molecule has 1 aliphatic heterocycles. The fourth-order valence-electron chi connectivity index (χ4n) is 2.25. The van der Waals surface area contributed by atoms with E-state index in [0.717, 1.165) is 19.3 Å². The molecule has 0 radical (unpaired) electrons. The lowest BCUT2D eigenvalue weighted by molar-refractivity contribution is -0.141. The predicted octanol–water partition coefficient (Wildman–Crippen LogP) is 2.37. The number of carboxylic acid groups (broad SMARTS) is 1. The Kier molecular flexibility index (Phi) is 4.52. The fourth-order valence-corrected chi connectivity index (χ4v) is 3.88. The summed E-state index contributed by atoms with van der Waals surface area (Å²) >= 11 is 1.61. The molecule has 6 heteroatoms. The number of thioether (sulfide) groups is 1. The number of nitrogens with zero attached hydrogens (tertiary/aromatic N) is 1. The van der Waals surface area contributed by atoms with Gasteiger partial charge in [-0.1, -0.05) is 20.8 Å². The summed E-state index contributed by atoms with van der Waals surface area (Å²) in [7, 11) is 0. The second kappa shape index (κ2) is 5.84. The molecule has 5 nitrogen and oxygen atoms in total. The van der Waals surface area contributed by atoms with E-state index in [-0.39, 0.29) is 16.8 Å². The lowest BCUT2D eigenvalue weighted by atomic mass is 9.90. The van der Waals surface area contributed by atoms with Gasteiger partial charge in [-0.05, 0) is 30.6 Å². The zero-order chi connectivity index (χ0) is 14.9. The van der Waals surface area contributed by atoms with Crippen molar-refractivity contribution in [1.82, 2.24) is 10.2 Å². The van der Waals surface area contributed by atoms with E-state index in [2.05, 4.69) is 26.1 Å². The Hall–Kier alpha value is -0.910. The summed E-state index contributed by atoms with van der Waals surface area (Å²) in [4.78, 5) is 25.3. The van der Waals surface area contributed by atoms with Crippen LogP contribution < -0.4 is 5.32 Å². The highest BCUT2D eigenvalue weighted by Crippen LogP contribution is 2.45. The lowest BCUT2D eigenvalue weighted by Crippen LogP contribution is -2.52. The van der Waals surface area contributed by atoms with Gasteiger partial charge >= 0.3 is 12.0 Å². The molecule has 0 aromatic carbocycles. The van der Waals surface area contributed by atoms with Gasteiger partial charge in [0, 0.05) is 12.3 Å². The third-order valence-corrected chi connectivity index (χ3v) is 5.72. The molecule has 0 spiro atoms. The van der Waals surface area contributed by atoms with Crippen LogP contribution in [0.1, 0.15) is 40.0 Å². The van der Waals surface area contributed by atoms with E-state index >= 15 is 0 Å². The molecule has 2 atom stereocenters. The maximum atomic E-state index is 12.4. The minimum absolute atomic E-state index is 0.0380. The Bertz CT molecular complexity index is 396. The number of hydrogen-bond acceptors (Lipinski definition) is 3. The monoisotopic (exact) mass is 300 g/mol. The molecule has 1 saturated heterocycles. The Balaban J connectivity index is 2.01. The SMILES string of the molecule is CCC(C)(C)CNC(=O)N1C(C(=O)O)CSC1C1CC1. The van der Waals surface area contributed by atoms with Crippen LogP contribution in [0.15, 0.2) is 0 Å².